The van der Waals surface area contributed by atoms with Crippen LogP contribution >= 0.6 is 11.6 Å². The van der Waals surface area contributed by atoms with E-state index < -0.39 is 17.4 Å². The van der Waals surface area contributed by atoms with Crippen LogP contribution in [-0.4, -0.2) is 40.1 Å². The van der Waals surface area contributed by atoms with Crippen molar-refractivity contribution in [1.29, 1.82) is 0 Å². The first kappa shape index (κ1) is 19.0. The fourth-order valence-corrected chi connectivity index (χ4v) is 6.53. The van der Waals surface area contributed by atoms with E-state index in [1.54, 1.807) is 6.07 Å². The SMILES string of the molecule is Cc1c(Cl)ccc2c1NC(=O)[C@@]21[C@@H]2C(=O)N(Cc3ccccc3)C(=O)[C@@H]2[C@H]2CCCN21. The molecule has 1 spiro atoms. The summed E-state index contributed by atoms with van der Waals surface area (Å²) in [5.41, 5.74) is 2.02. The molecule has 4 atom stereocenters. The first-order valence-corrected chi connectivity index (χ1v) is 11.1. The average molecular weight is 436 g/mol. The Morgan fingerprint density at radius 1 is 1.10 bits per heavy atom. The molecule has 2 aromatic rings. The molecule has 4 aliphatic rings. The van der Waals surface area contributed by atoms with E-state index in [0.717, 1.165) is 29.5 Å². The third-order valence-electron chi connectivity index (χ3n) is 7.64. The second-order valence-electron chi connectivity index (χ2n) is 8.97. The number of amides is 3. The molecule has 0 radical (unpaired) electrons. The fourth-order valence-electron chi connectivity index (χ4n) is 6.37. The van der Waals surface area contributed by atoms with Crippen molar-refractivity contribution < 1.29 is 14.4 Å². The Hall–Kier alpha value is -2.70. The Labute approximate surface area is 185 Å². The van der Waals surface area contributed by atoms with Crippen molar-refractivity contribution in [3.63, 3.8) is 0 Å². The van der Waals surface area contributed by atoms with Crippen LogP contribution in [-0.2, 0) is 26.5 Å². The van der Waals surface area contributed by atoms with Gasteiger partial charge in [0.1, 0.15) is 5.54 Å². The zero-order valence-electron chi connectivity index (χ0n) is 17.1. The molecule has 3 fully saturated rings. The molecule has 0 bridgehead atoms. The number of imide groups is 1. The van der Waals surface area contributed by atoms with Crippen LogP contribution in [0.2, 0.25) is 5.02 Å². The number of likely N-dealkylation sites (tertiary alicyclic amines) is 1. The van der Waals surface area contributed by atoms with Crippen LogP contribution in [0.4, 0.5) is 5.69 Å². The number of fused-ring (bicyclic) bond motifs is 7. The Morgan fingerprint density at radius 3 is 2.65 bits per heavy atom. The number of anilines is 1. The standard InChI is InChI=1S/C24H22ClN3O3/c1-13-16(25)10-9-15-20(13)26-23(31)24(15)19-18(17-8-5-11-28(17)24)21(29)27(22(19)30)12-14-6-3-2-4-7-14/h2-4,6-7,9-10,17-19H,5,8,11-12H2,1H3,(H,26,31)/t17-,18-,19+,24+/m1/s1. The Balaban J connectivity index is 1.51. The monoisotopic (exact) mass is 435 g/mol. The Bertz CT molecular complexity index is 1150. The minimum atomic E-state index is -1.14. The van der Waals surface area contributed by atoms with Crippen LogP contribution in [0, 0.1) is 18.8 Å². The minimum absolute atomic E-state index is 0.102. The molecule has 2 aromatic carbocycles. The van der Waals surface area contributed by atoms with Crippen LogP contribution in [0.3, 0.4) is 0 Å². The molecule has 0 aromatic heterocycles. The molecule has 4 aliphatic heterocycles. The number of benzene rings is 2. The van der Waals surface area contributed by atoms with Gasteiger partial charge < -0.3 is 5.32 Å². The normalized spacial score (nSPS) is 31.4. The van der Waals surface area contributed by atoms with Crippen LogP contribution in [0.15, 0.2) is 42.5 Å². The third-order valence-corrected chi connectivity index (χ3v) is 8.05. The number of carbonyl (C=O) groups is 3. The molecule has 3 saturated heterocycles. The van der Waals surface area contributed by atoms with E-state index >= 15 is 0 Å². The first-order valence-electron chi connectivity index (χ1n) is 10.7. The average Bonchev–Trinajstić information content (AvgIpc) is 3.47. The number of rotatable bonds is 2. The van der Waals surface area contributed by atoms with Gasteiger partial charge in [-0.05, 0) is 43.5 Å². The van der Waals surface area contributed by atoms with E-state index in [1.807, 2.05) is 43.3 Å². The molecule has 4 heterocycles. The zero-order chi connectivity index (χ0) is 21.5. The Morgan fingerprint density at radius 2 is 1.87 bits per heavy atom. The summed E-state index contributed by atoms with van der Waals surface area (Å²) >= 11 is 6.33. The van der Waals surface area contributed by atoms with Gasteiger partial charge in [-0.2, -0.15) is 0 Å². The maximum Gasteiger partial charge on any atom is 0.250 e. The summed E-state index contributed by atoms with van der Waals surface area (Å²) < 4.78 is 0. The summed E-state index contributed by atoms with van der Waals surface area (Å²) in [6.45, 7) is 2.81. The molecular weight excluding hydrogens is 414 g/mol. The van der Waals surface area contributed by atoms with Crippen molar-refractivity contribution in [3.05, 3.63) is 64.2 Å². The van der Waals surface area contributed by atoms with E-state index in [4.69, 9.17) is 11.6 Å². The van der Waals surface area contributed by atoms with E-state index in [1.165, 1.54) is 4.90 Å². The first-order chi connectivity index (χ1) is 15.0. The predicted octanol–water partition coefficient (Wildman–Crippen LogP) is 3.08. The lowest BCUT2D eigenvalue weighted by atomic mass is 9.75. The highest BCUT2D eigenvalue weighted by molar-refractivity contribution is 6.32. The number of hydrogen-bond donors (Lipinski definition) is 1. The maximum absolute atomic E-state index is 13.8. The highest BCUT2D eigenvalue weighted by Crippen LogP contribution is 2.61. The van der Waals surface area contributed by atoms with Gasteiger partial charge in [-0.3, -0.25) is 24.2 Å². The summed E-state index contributed by atoms with van der Waals surface area (Å²) in [6, 6.07) is 13.1. The molecule has 31 heavy (non-hydrogen) atoms. The summed E-state index contributed by atoms with van der Waals surface area (Å²) in [6.07, 6.45) is 1.72. The molecule has 7 heteroatoms. The maximum atomic E-state index is 13.8. The number of carbonyl (C=O) groups excluding carboxylic acids is 3. The molecule has 3 amide bonds. The zero-order valence-corrected chi connectivity index (χ0v) is 17.9. The van der Waals surface area contributed by atoms with Gasteiger partial charge in [-0.15, -0.1) is 0 Å². The van der Waals surface area contributed by atoms with Crippen molar-refractivity contribution in [1.82, 2.24) is 9.80 Å². The topological polar surface area (TPSA) is 69.7 Å². The number of nitrogens with zero attached hydrogens (tertiary/aromatic N) is 2. The second kappa shape index (κ2) is 6.40. The molecule has 0 unspecified atom stereocenters. The van der Waals surface area contributed by atoms with Gasteiger partial charge in [0.25, 0.3) is 0 Å². The lowest BCUT2D eigenvalue weighted by Crippen LogP contribution is -2.54. The van der Waals surface area contributed by atoms with Gasteiger partial charge in [0.15, 0.2) is 0 Å². The number of nitrogens with one attached hydrogen (secondary N) is 1. The van der Waals surface area contributed by atoms with Crippen molar-refractivity contribution in [2.24, 2.45) is 11.8 Å². The van der Waals surface area contributed by atoms with E-state index in [-0.39, 0.29) is 30.3 Å². The molecule has 6 nitrogen and oxygen atoms in total. The van der Waals surface area contributed by atoms with E-state index in [2.05, 4.69) is 10.2 Å². The van der Waals surface area contributed by atoms with Crippen LogP contribution in [0.25, 0.3) is 0 Å². The van der Waals surface area contributed by atoms with Gasteiger partial charge >= 0.3 is 0 Å². The van der Waals surface area contributed by atoms with Crippen LogP contribution in [0.1, 0.15) is 29.5 Å². The van der Waals surface area contributed by atoms with Gasteiger partial charge in [0.2, 0.25) is 17.7 Å². The van der Waals surface area contributed by atoms with Crippen LogP contribution in [0.5, 0.6) is 0 Å². The lowest BCUT2D eigenvalue weighted by molar-refractivity contribution is -0.146. The van der Waals surface area contributed by atoms with Gasteiger partial charge in [0, 0.05) is 16.6 Å². The van der Waals surface area contributed by atoms with Gasteiger partial charge in [-0.1, -0.05) is 48.0 Å². The molecule has 1 N–H and O–H groups in total. The lowest BCUT2D eigenvalue weighted by Gasteiger charge is -2.36. The summed E-state index contributed by atoms with van der Waals surface area (Å²) in [7, 11) is 0. The molecule has 158 valence electrons. The molecule has 0 aliphatic carbocycles. The van der Waals surface area contributed by atoms with Crippen molar-refractivity contribution in [2.45, 2.75) is 37.9 Å². The molecular formula is C24H22ClN3O3. The van der Waals surface area contributed by atoms with E-state index in [9.17, 15) is 14.4 Å². The third kappa shape index (κ3) is 2.24. The molecule has 0 saturated carbocycles. The van der Waals surface area contributed by atoms with E-state index in [0.29, 0.717) is 17.3 Å². The van der Waals surface area contributed by atoms with Gasteiger partial charge in [0.05, 0.1) is 24.1 Å². The number of halogens is 1. The summed E-state index contributed by atoms with van der Waals surface area (Å²) in [5, 5.41) is 3.59. The van der Waals surface area contributed by atoms with Crippen LogP contribution < -0.4 is 5.32 Å². The highest BCUT2D eigenvalue weighted by atomic mass is 35.5. The minimum Gasteiger partial charge on any atom is -0.324 e. The highest BCUT2D eigenvalue weighted by Gasteiger charge is 2.74. The Kier molecular flexibility index (Phi) is 3.93. The predicted molar refractivity (Wildman–Crippen MR) is 115 cm³/mol. The van der Waals surface area contributed by atoms with Crippen molar-refractivity contribution >= 4 is 35.0 Å². The van der Waals surface area contributed by atoms with Crippen molar-refractivity contribution in [3.8, 4) is 0 Å². The van der Waals surface area contributed by atoms with Gasteiger partial charge in [-0.25, -0.2) is 0 Å². The molecule has 6 rings (SSSR count). The summed E-state index contributed by atoms with van der Waals surface area (Å²) in [5.74, 6) is -1.82. The smallest absolute Gasteiger partial charge is 0.250 e. The quantitative estimate of drug-likeness (QED) is 0.736. The van der Waals surface area contributed by atoms with Crippen molar-refractivity contribution in [2.75, 3.05) is 11.9 Å². The largest absolute Gasteiger partial charge is 0.324 e. The second-order valence-corrected chi connectivity index (χ2v) is 9.38. The summed E-state index contributed by atoms with van der Waals surface area (Å²) in [4.78, 5) is 44.5. The number of hydrogen-bond acceptors (Lipinski definition) is 4. The fraction of sp³-hybridized carbons (Fsp3) is 0.375.